The van der Waals surface area contributed by atoms with Crippen molar-refractivity contribution in [1.29, 1.82) is 0 Å². The highest BCUT2D eigenvalue weighted by atomic mass is 32.1. The van der Waals surface area contributed by atoms with E-state index in [9.17, 15) is 18.8 Å². The van der Waals surface area contributed by atoms with Crippen LogP contribution in [0.4, 0.5) is 4.39 Å². The fourth-order valence-corrected chi connectivity index (χ4v) is 5.75. The quantitative estimate of drug-likeness (QED) is 0.435. The fourth-order valence-electron chi connectivity index (χ4n) is 4.51. The van der Waals surface area contributed by atoms with Crippen LogP contribution in [0.15, 0.2) is 40.2 Å². The average Bonchev–Trinajstić information content (AvgIpc) is 3.48. The molecule has 0 aliphatic carbocycles. The lowest BCUT2D eigenvalue weighted by atomic mass is 10.1. The van der Waals surface area contributed by atoms with Crippen LogP contribution in [-0.2, 0) is 17.8 Å². The number of aromatic nitrogens is 5. The van der Waals surface area contributed by atoms with Gasteiger partial charge in [-0.15, -0.1) is 4.80 Å². The summed E-state index contributed by atoms with van der Waals surface area (Å²) in [5.41, 5.74) is 0.108. The number of ether oxygens (including phenoxy) is 1. The molecule has 1 fully saturated rings. The Labute approximate surface area is 202 Å². The lowest BCUT2D eigenvalue weighted by Gasteiger charge is -2.24. The van der Waals surface area contributed by atoms with Gasteiger partial charge in [0.15, 0.2) is 0 Å². The highest BCUT2D eigenvalue weighted by Crippen LogP contribution is 2.31. The lowest BCUT2D eigenvalue weighted by molar-refractivity contribution is -0.126. The molecule has 0 bridgehead atoms. The minimum absolute atomic E-state index is 0.149. The van der Waals surface area contributed by atoms with Crippen LogP contribution in [0.2, 0.25) is 0 Å². The number of nitrogens with zero attached hydrogens (tertiary/aromatic N) is 5. The van der Waals surface area contributed by atoms with Crippen LogP contribution in [0.25, 0.3) is 15.2 Å². The predicted molar refractivity (Wildman–Crippen MR) is 128 cm³/mol. The van der Waals surface area contributed by atoms with Crippen molar-refractivity contribution in [3.63, 3.8) is 0 Å². The maximum Gasteiger partial charge on any atom is 0.332 e. The zero-order valence-electron chi connectivity index (χ0n) is 19.2. The smallest absolute Gasteiger partial charge is 0.332 e. The normalized spacial score (nSPS) is 16.0. The molecule has 12 heteroatoms. The number of piperidine rings is 1. The Bertz CT molecular complexity index is 1540. The Morgan fingerprint density at radius 2 is 2.00 bits per heavy atom. The Morgan fingerprint density at radius 1 is 1.23 bits per heavy atom. The summed E-state index contributed by atoms with van der Waals surface area (Å²) in [5.74, 6) is -0.268. The third-order valence-corrected chi connectivity index (χ3v) is 7.51. The van der Waals surface area contributed by atoms with Crippen LogP contribution in [0, 0.1) is 12.7 Å². The molecule has 35 heavy (non-hydrogen) atoms. The Kier molecular flexibility index (Phi) is 5.97. The van der Waals surface area contributed by atoms with Gasteiger partial charge in [-0.3, -0.25) is 14.2 Å². The number of hydrogen-bond acceptors (Lipinski definition) is 7. The maximum atomic E-state index is 13.9. The van der Waals surface area contributed by atoms with Crippen molar-refractivity contribution in [3.8, 4) is 10.8 Å². The van der Waals surface area contributed by atoms with Crippen molar-refractivity contribution in [1.82, 2.24) is 29.4 Å². The number of nitrogens with one attached hydrogen (secondary N) is 1. The molecule has 4 aromatic rings. The first-order valence-corrected chi connectivity index (χ1v) is 12.0. The first-order valence-electron chi connectivity index (χ1n) is 11.2. The maximum absolute atomic E-state index is 13.9. The van der Waals surface area contributed by atoms with E-state index in [1.54, 1.807) is 6.92 Å². The molecule has 1 aromatic carbocycles. The molecule has 5 rings (SSSR count). The lowest BCUT2D eigenvalue weighted by Crippen LogP contribution is -2.49. The summed E-state index contributed by atoms with van der Waals surface area (Å²) in [4.78, 5) is 41.8. The average molecular weight is 499 g/mol. The number of aryl methyl sites for hydroxylation is 3. The van der Waals surface area contributed by atoms with Gasteiger partial charge in [0.1, 0.15) is 27.4 Å². The van der Waals surface area contributed by atoms with Crippen molar-refractivity contribution >= 4 is 27.5 Å². The zero-order valence-corrected chi connectivity index (χ0v) is 20.0. The van der Waals surface area contributed by atoms with Crippen molar-refractivity contribution < 1.29 is 13.9 Å². The number of fused-ring (bicyclic) bond motifs is 1. The summed E-state index contributed by atoms with van der Waals surface area (Å²) in [6.45, 7) is 2.43. The molecule has 1 N–H and O–H groups in total. The van der Waals surface area contributed by atoms with E-state index < -0.39 is 23.1 Å². The molecule has 4 heterocycles. The van der Waals surface area contributed by atoms with E-state index in [-0.39, 0.29) is 18.9 Å². The Morgan fingerprint density at radius 3 is 2.71 bits per heavy atom. The van der Waals surface area contributed by atoms with Gasteiger partial charge in [-0.25, -0.2) is 13.8 Å². The highest BCUT2D eigenvalue weighted by Gasteiger charge is 2.30. The predicted octanol–water partition coefficient (Wildman–Crippen LogP) is 1.96. The van der Waals surface area contributed by atoms with Crippen LogP contribution in [0.1, 0.15) is 30.0 Å². The van der Waals surface area contributed by atoms with Gasteiger partial charge in [-0.1, -0.05) is 11.3 Å². The summed E-state index contributed by atoms with van der Waals surface area (Å²) in [5, 5.41) is 12.0. The third-order valence-electron chi connectivity index (χ3n) is 6.23. The number of benzene rings is 1. The summed E-state index contributed by atoms with van der Waals surface area (Å²) in [6, 6.07) is 3.31. The van der Waals surface area contributed by atoms with Crippen molar-refractivity contribution in [2.45, 2.75) is 38.8 Å². The van der Waals surface area contributed by atoms with Gasteiger partial charge in [0.25, 0.3) is 5.56 Å². The van der Waals surface area contributed by atoms with E-state index in [4.69, 9.17) is 4.74 Å². The first kappa shape index (κ1) is 23.0. The third kappa shape index (κ3) is 3.93. The molecule has 1 aliphatic heterocycles. The van der Waals surface area contributed by atoms with Crippen LogP contribution in [0.3, 0.4) is 0 Å². The van der Waals surface area contributed by atoms with Crippen molar-refractivity contribution in [2.24, 2.45) is 0 Å². The van der Waals surface area contributed by atoms with Gasteiger partial charge >= 0.3 is 5.69 Å². The monoisotopic (exact) mass is 498 g/mol. The number of rotatable bonds is 6. The summed E-state index contributed by atoms with van der Waals surface area (Å²) in [7, 11) is 1.50. The zero-order chi connectivity index (χ0) is 24.7. The Balaban J connectivity index is 1.71. The molecule has 1 atom stereocenters. The van der Waals surface area contributed by atoms with Gasteiger partial charge in [-0.2, -0.15) is 10.2 Å². The van der Waals surface area contributed by atoms with Crippen LogP contribution in [0.5, 0.6) is 5.75 Å². The SMILES string of the molecule is COc1ccc(F)cc1CCn1c(=O)n(C2CCCNC2=O)c(=O)c2c(C)c(-n3nccn3)sc21. The van der Waals surface area contributed by atoms with Gasteiger partial charge in [0.2, 0.25) is 5.91 Å². The number of methoxy groups -OCH3 is 1. The molecule has 1 saturated heterocycles. The van der Waals surface area contributed by atoms with Gasteiger partial charge in [0, 0.05) is 18.7 Å². The molecule has 1 unspecified atom stereocenters. The molecule has 10 nitrogen and oxygen atoms in total. The number of carbonyl (C=O) groups is 1. The molecule has 0 radical (unpaired) electrons. The molecule has 182 valence electrons. The largest absolute Gasteiger partial charge is 0.496 e. The van der Waals surface area contributed by atoms with Gasteiger partial charge in [-0.05, 0) is 49.9 Å². The van der Waals surface area contributed by atoms with E-state index in [0.717, 1.165) is 4.57 Å². The number of halogens is 1. The van der Waals surface area contributed by atoms with E-state index in [1.165, 1.54) is 58.4 Å². The first-order chi connectivity index (χ1) is 16.9. The minimum Gasteiger partial charge on any atom is -0.496 e. The number of amides is 1. The minimum atomic E-state index is -0.895. The molecule has 1 amide bonds. The standard InChI is InChI=1S/C23H23FN6O4S/c1-13-18-20(32)29(16-4-3-8-25-19(16)31)23(33)28(22(18)35-21(13)30-26-9-10-27-30)11-7-14-12-15(24)5-6-17(14)34-2/h5-6,9-10,12,16H,3-4,7-8,11H2,1-2H3,(H,25,31). The van der Waals surface area contributed by atoms with Crippen LogP contribution < -0.4 is 21.3 Å². The Hall–Kier alpha value is -3.80. The van der Waals surface area contributed by atoms with Crippen molar-refractivity contribution in [3.05, 3.63) is 68.4 Å². The number of thiophene rings is 1. The summed E-state index contributed by atoms with van der Waals surface area (Å²) >= 11 is 1.22. The topological polar surface area (TPSA) is 113 Å². The number of carbonyl (C=O) groups excluding carboxylic acids is 1. The molecule has 1 aliphatic rings. The van der Waals surface area contributed by atoms with E-state index in [0.29, 0.717) is 51.5 Å². The molecular formula is C23H23FN6O4S. The molecule has 0 saturated carbocycles. The second-order valence-corrected chi connectivity index (χ2v) is 9.27. The second-order valence-electron chi connectivity index (χ2n) is 8.30. The molecule has 0 spiro atoms. The second kappa shape index (κ2) is 9.10. The van der Waals surface area contributed by atoms with Gasteiger partial charge < -0.3 is 10.1 Å². The van der Waals surface area contributed by atoms with Crippen molar-refractivity contribution in [2.75, 3.05) is 13.7 Å². The number of hydrogen-bond donors (Lipinski definition) is 1. The fraction of sp³-hybridized carbons (Fsp3) is 0.348. The van der Waals surface area contributed by atoms with E-state index in [1.807, 2.05) is 0 Å². The summed E-state index contributed by atoms with van der Waals surface area (Å²) in [6.07, 6.45) is 4.37. The van der Waals surface area contributed by atoms with E-state index in [2.05, 4.69) is 15.5 Å². The highest BCUT2D eigenvalue weighted by molar-refractivity contribution is 7.21. The molecule has 3 aromatic heterocycles. The molecular weight excluding hydrogens is 475 g/mol. The van der Waals surface area contributed by atoms with Crippen LogP contribution >= 0.6 is 11.3 Å². The van der Waals surface area contributed by atoms with E-state index >= 15 is 0 Å². The van der Waals surface area contributed by atoms with Gasteiger partial charge in [0.05, 0.1) is 24.9 Å². The van der Waals surface area contributed by atoms with Crippen LogP contribution in [-0.4, -0.2) is 43.7 Å². The summed E-state index contributed by atoms with van der Waals surface area (Å²) < 4.78 is 21.8.